The van der Waals surface area contributed by atoms with Crippen molar-refractivity contribution in [3.63, 3.8) is 0 Å². The second-order valence-electron chi connectivity index (χ2n) is 8.57. The zero-order valence-electron chi connectivity index (χ0n) is 18.0. The Hall–Kier alpha value is -2.59. The van der Waals surface area contributed by atoms with E-state index in [1.165, 1.54) is 4.90 Å². The lowest BCUT2D eigenvalue weighted by Gasteiger charge is -2.33. The van der Waals surface area contributed by atoms with Gasteiger partial charge < -0.3 is 4.90 Å². The smallest absolute Gasteiger partial charge is 0.282 e. The maximum atomic E-state index is 13.7. The number of carbonyl (C=O) groups is 2. The number of amides is 2. The van der Waals surface area contributed by atoms with Crippen LogP contribution in [0.1, 0.15) is 42.0 Å². The van der Waals surface area contributed by atoms with Gasteiger partial charge in [0.1, 0.15) is 5.70 Å². The van der Waals surface area contributed by atoms with E-state index in [2.05, 4.69) is 17.9 Å². The molecule has 156 valence electrons. The fourth-order valence-electron chi connectivity index (χ4n) is 4.60. The molecule has 4 rings (SSSR count). The second-order valence-corrected chi connectivity index (χ2v) is 8.97. The SMILES string of the molecule is Cc1ccc(C2=C(N3CCCC(C)C3)C(=O)N(c3cccc(Cl)c3C)C2=O)c(C)c1. The molecule has 1 atom stereocenters. The highest BCUT2D eigenvalue weighted by atomic mass is 35.5. The van der Waals surface area contributed by atoms with Crippen molar-refractivity contribution in [3.8, 4) is 0 Å². The largest absolute Gasteiger partial charge is 0.366 e. The number of anilines is 1. The summed E-state index contributed by atoms with van der Waals surface area (Å²) in [5.74, 6) is -0.0449. The molecule has 1 fully saturated rings. The number of imide groups is 1. The molecule has 1 unspecified atom stereocenters. The molecule has 2 aromatic carbocycles. The molecule has 4 nitrogen and oxygen atoms in total. The Bertz CT molecular complexity index is 1070. The van der Waals surface area contributed by atoms with E-state index in [0.29, 0.717) is 27.9 Å². The maximum Gasteiger partial charge on any atom is 0.282 e. The standard InChI is InChI=1S/C25H27ClN2O2/c1-15-10-11-19(17(3)13-15)22-23(27-12-6-7-16(2)14-27)25(30)28(24(22)29)21-9-5-8-20(26)18(21)4/h5,8-11,13,16H,6-7,12,14H2,1-4H3. The van der Waals surface area contributed by atoms with Crippen LogP contribution in [0, 0.1) is 26.7 Å². The van der Waals surface area contributed by atoms with Crippen LogP contribution in [0.25, 0.3) is 5.57 Å². The molecule has 2 aliphatic rings. The molecule has 0 spiro atoms. The Morgan fingerprint density at radius 3 is 2.50 bits per heavy atom. The highest BCUT2D eigenvalue weighted by Crippen LogP contribution is 2.39. The van der Waals surface area contributed by atoms with Crippen LogP contribution in [-0.4, -0.2) is 29.8 Å². The van der Waals surface area contributed by atoms with E-state index < -0.39 is 0 Å². The summed E-state index contributed by atoms with van der Waals surface area (Å²) in [6, 6.07) is 11.4. The van der Waals surface area contributed by atoms with E-state index in [0.717, 1.165) is 48.2 Å². The van der Waals surface area contributed by atoms with Crippen molar-refractivity contribution in [2.24, 2.45) is 5.92 Å². The summed E-state index contributed by atoms with van der Waals surface area (Å²) in [5.41, 5.74) is 5.27. The minimum absolute atomic E-state index is 0.255. The molecule has 5 heteroatoms. The molecule has 0 aliphatic carbocycles. The van der Waals surface area contributed by atoms with Crippen molar-refractivity contribution in [2.75, 3.05) is 18.0 Å². The Balaban J connectivity index is 1.89. The van der Waals surface area contributed by atoms with Crippen molar-refractivity contribution in [3.05, 3.63) is 69.4 Å². The summed E-state index contributed by atoms with van der Waals surface area (Å²) in [7, 11) is 0. The lowest BCUT2D eigenvalue weighted by Crippen LogP contribution is -2.39. The van der Waals surface area contributed by atoms with Gasteiger partial charge in [0.25, 0.3) is 11.8 Å². The number of carbonyl (C=O) groups excluding carboxylic acids is 2. The minimum Gasteiger partial charge on any atom is -0.366 e. The van der Waals surface area contributed by atoms with E-state index in [4.69, 9.17) is 11.6 Å². The quantitative estimate of drug-likeness (QED) is 0.631. The first-order chi connectivity index (χ1) is 14.3. The summed E-state index contributed by atoms with van der Waals surface area (Å²) >= 11 is 6.31. The van der Waals surface area contributed by atoms with Crippen molar-refractivity contribution in [2.45, 2.75) is 40.5 Å². The van der Waals surface area contributed by atoms with Crippen LogP contribution in [0.2, 0.25) is 5.02 Å². The number of rotatable bonds is 3. The monoisotopic (exact) mass is 422 g/mol. The summed E-state index contributed by atoms with van der Waals surface area (Å²) in [6.45, 7) is 9.64. The van der Waals surface area contributed by atoms with Crippen LogP contribution in [0.3, 0.4) is 0 Å². The van der Waals surface area contributed by atoms with E-state index in [1.54, 1.807) is 18.2 Å². The number of likely N-dealkylation sites (tertiary alicyclic amines) is 1. The lowest BCUT2D eigenvalue weighted by molar-refractivity contribution is -0.120. The van der Waals surface area contributed by atoms with Crippen molar-refractivity contribution < 1.29 is 9.59 Å². The predicted octanol–water partition coefficient (Wildman–Crippen LogP) is 5.28. The van der Waals surface area contributed by atoms with Gasteiger partial charge in [0.05, 0.1) is 11.3 Å². The molecule has 1 saturated heterocycles. The van der Waals surface area contributed by atoms with Crippen LogP contribution in [0.15, 0.2) is 42.1 Å². The third-order valence-corrected chi connectivity index (χ3v) is 6.57. The highest BCUT2D eigenvalue weighted by molar-refractivity contribution is 6.46. The average molecular weight is 423 g/mol. The molecule has 0 radical (unpaired) electrons. The lowest BCUT2D eigenvalue weighted by atomic mass is 9.95. The van der Waals surface area contributed by atoms with Gasteiger partial charge in [0.15, 0.2) is 0 Å². The van der Waals surface area contributed by atoms with Gasteiger partial charge in [-0.05, 0) is 68.4 Å². The van der Waals surface area contributed by atoms with Gasteiger partial charge in [-0.1, -0.05) is 48.4 Å². The van der Waals surface area contributed by atoms with E-state index in [9.17, 15) is 9.59 Å². The van der Waals surface area contributed by atoms with E-state index >= 15 is 0 Å². The Morgan fingerprint density at radius 1 is 1.03 bits per heavy atom. The van der Waals surface area contributed by atoms with Crippen molar-refractivity contribution >= 4 is 34.7 Å². The summed E-state index contributed by atoms with van der Waals surface area (Å²) in [5, 5.41) is 0.543. The highest BCUT2D eigenvalue weighted by Gasteiger charge is 2.44. The van der Waals surface area contributed by atoms with Gasteiger partial charge in [0, 0.05) is 18.1 Å². The predicted molar refractivity (Wildman–Crippen MR) is 121 cm³/mol. The fourth-order valence-corrected chi connectivity index (χ4v) is 4.77. The number of aryl methyl sites for hydroxylation is 2. The third kappa shape index (κ3) is 3.43. The molecule has 2 heterocycles. The van der Waals surface area contributed by atoms with Crippen LogP contribution in [-0.2, 0) is 9.59 Å². The number of benzene rings is 2. The molecular weight excluding hydrogens is 396 g/mol. The van der Waals surface area contributed by atoms with Crippen molar-refractivity contribution in [1.29, 1.82) is 0 Å². The van der Waals surface area contributed by atoms with Crippen molar-refractivity contribution in [1.82, 2.24) is 4.90 Å². The first kappa shape index (κ1) is 20.7. The van der Waals surface area contributed by atoms with Gasteiger partial charge >= 0.3 is 0 Å². The first-order valence-corrected chi connectivity index (χ1v) is 10.9. The van der Waals surface area contributed by atoms with Gasteiger partial charge in [0.2, 0.25) is 0 Å². The zero-order valence-corrected chi connectivity index (χ0v) is 18.7. The van der Waals surface area contributed by atoms with Gasteiger partial charge in [-0.25, -0.2) is 4.90 Å². The average Bonchev–Trinajstić information content (AvgIpc) is 2.94. The molecule has 2 aliphatic heterocycles. The molecule has 0 N–H and O–H groups in total. The Kier molecular flexibility index (Phi) is 5.46. The van der Waals surface area contributed by atoms with Gasteiger partial charge in [-0.15, -0.1) is 0 Å². The molecule has 30 heavy (non-hydrogen) atoms. The summed E-state index contributed by atoms with van der Waals surface area (Å²) in [6.07, 6.45) is 2.16. The van der Waals surface area contributed by atoms with Crippen LogP contribution >= 0.6 is 11.6 Å². The molecule has 0 bridgehead atoms. The number of nitrogens with zero attached hydrogens (tertiary/aromatic N) is 2. The van der Waals surface area contributed by atoms with E-state index in [-0.39, 0.29) is 11.8 Å². The summed E-state index contributed by atoms with van der Waals surface area (Å²) in [4.78, 5) is 30.9. The second kappa shape index (κ2) is 7.92. The molecule has 0 saturated carbocycles. The zero-order chi connectivity index (χ0) is 21.6. The minimum atomic E-state index is -0.273. The van der Waals surface area contributed by atoms with Crippen LogP contribution in [0.5, 0.6) is 0 Å². The normalized spacial score (nSPS) is 19.8. The Morgan fingerprint density at radius 2 is 1.80 bits per heavy atom. The fraction of sp³-hybridized carbons (Fsp3) is 0.360. The Labute approximate surface area is 183 Å². The number of hydrogen-bond donors (Lipinski definition) is 0. The molecular formula is C25H27ClN2O2. The number of halogens is 1. The topological polar surface area (TPSA) is 40.6 Å². The third-order valence-electron chi connectivity index (χ3n) is 6.16. The van der Waals surface area contributed by atoms with Crippen LogP contribution in [0.4, 0.5) is 5.69 Å². The van der Waals surface area contributed by atoms with Crippen LogP contribution < -0.4 is 4.90 Å². The molecule has 2 aromatic rings. The molecule has 0 aromatic heterocycles. The van der Waals surface area contributed by atoms with Gasteiger partial charge in [-0.2, -0.15) is 0 Å². The number of hydrogen-bond acceptors (Lipinski definition) is 3. The van der Waals surface area contributed by atoms with E-state index in [1.807, 2.05) is 32.9 Å². The maximum absolute atomic E-state index is 13.7. The van der Waals surface area contributed by atoms with Gasteiger partial charge in [-0.3, -0.25) is 9.59 Å². The summed E-state index contributed by atoms with van der Waals surface area (Å²) < 4.78 is 0. The number of piperidine rings is 1. The first-order valence-electron chi connectivity index (χ1n) is 10.5. The molecule has 2 amide bonds.